The normalized spacial score (nSPS) is 23.2. The fourth-order valence-electron chi connectivity index (χ4n) is 2.37. The lowest BCUT2D eigenvalue weighted by Gasteiger charge is -2.33. The zero-order valence-electron chi connectivity index (χ0n) is 15.9. The molecule has 0 spiro atoms. The first-order valence-corrected chi connectivity index (χ1v) is 8.18. The van der Waals surface area contributed by atoms with Crippen molar-refractivity contribution in [1.29, 1.82) is 0 Å². The summed E-state index contributed by atoms with van der Waals surface area (Å²) in [5.41, 5.74) is -2.99. The molecule has 0 radical (unpaired) electrons. The number of nitrogens with zero attached hydrogens (tertiary/aromatic N) is 1. The zero-order chi connectivity index (χ0) is 18.9. The minimum Gasteiger partial charge on any atom is -0.464 e. The van der Waals surface area contributed by atoms with Gasteiger partial charge in [0.15, 0.2) is 5.54 Å². The highest BCUT2D eigenvalue weighted by Gasteiger charge is 2.68. The molecule has 0 heterocycles. The van der Waals surface area contributed by atoms with Crippen LogP contribution in [0, 0.1) is 5.92 Å². The Morgan fingerprint density at radius 3 is 1.62 bits per heavy atom. The van der Waals surface area contributed by atoms with Gasteiger partial charge in [0.2, 0.25) is 0 Å². The SMILES string of the molecule is CCOC(=O)[C@@]1(N(C(=O)OC(C)(C)C)C(=O)OC(C)(C)C)CC1C. The molecule has 0 aromatic rings. The van der Waals surface area contributed by atoms with Crippen molar-refractivity contribution in [3.8, 4) is 0 Å². The minimum atomic E-state index is -1.36. The standard InChI is InChI=1S/C17H29NO6/c1-9-22-12(19)17(10-11(17)2)18(13(20)23-15(3,4)5)14(21)24-16(6,7)8/h11H,9-10H2,1-8H3/t11?,17-/m1/s1. The first kappa shape index (κ1) is 20.3. The molecule has 7 nitrogen and oxygen atoms in total. The summed E-state index contributed by atoms with van der Waals surface area (Å²) in [6, 6.07) is 0. The van der Waals surface area contributed by atoms with E-state index < -0.39 is 34.9 Å². The first-order valence-electron chi connectivity index (χ1n) is 8.18. The number of ether oxygens (including phenoxy) is 3. The summed E-state index contributed by atoms with van der Waals surface area (Å²) in [6.07, 6.45) is -1.49. The highest BCUT2D eigenvalue weighted by molar-refractivity contribution is 5.99. The highest BCUT2D eigenvalue weighted by atomic mass is 16.6. The molecule has 1 fully saturated rings. The Kier molecular flexibility index (Phi) is 5.58. The van der Waals surface area contributed by atoms with Crippen molar-refractivity contribution in [2.75, 3.05) is 6.61 Å². The molecule has 0 aromatic carbocycles. The van der Waals surface area contributed by atoms with Crippen molar-refractivity contribution < 1.29 is 28.6 Å². The summed E-state index contributed by atoms with van der Waals surface area (Å²) in [5, 5.41) is 0. The zero-order valence-corrected chi connectivity index (χ0v) is 15.9. The summed E-state index contributed by atoms with van der Waals surface area (Å²) < 4.78 is 15.7. The maximum atomic E-state index is 12.6. The lowest BCUT2D eigenvalue weighted by molar-refractivity contribution is -0.151. The number of hydrogen-bond donors (Lipinski definition) is 0. The van der Waals surface area contributed by atoms with E-state index in [1.54, 1.807) is 55.4 Å². The van der Waals surface area contributed by atoms with Gasteiger partial charge >= 0.3 is 18.2 Å². The molecule has 138 valence electrons. The fourth-order valence-corrected chi connectivity index (χ4v) is 2.37. The van der Waals surface area contributed by atoms with Crippen LogP contribution in [-0.4, -0.2) is 46.4 Å². The minimum absolute atomic E-state index is 0.157. The van der Waals surface area contributed by atoms with Gasteiger partial charge in [0, 0.05) is 0 Å². The van der Waals surface area contributed by atoms with Crippen LogP contribution < -0.4 is 0 Å². The van der Waals surface area contributed by atoms with Gasteiger partial charge in [-0.1, -0.05) is 6.92 Å². The molecule has 1 unspecified atom stereocenters. The first-order chi connectivity index (χ1) is 10.7. The van der Waals surface area contributed by atoms with Crippen LogP contribution >= 0.6 is 0 Å². The van der Waals surface area contributed by atoms with Gasteiger partial charge in [0.25, 0.3) is 0 Å². The van der Waals surface area contributed by atoms with Gasteiger partial charge in [-0.25, -0.2) is 14.4 Å². The van der Waals surface area contributed by atoms with Crippen LogP contribution in [-0.2, 0) is 19.0 Å². The molecule has 2 atom stereocenters. The van der Waals surface area contributed by atoms with Crippen LogP contribution in [0.5, 0.6) is 0 Å². The predicted molar refractivity (Wildman–Crippen MR) is 87.5 cm³/mol. The second-order valence-electron chi connectivity index (χ2n) is 8.05. The van der Waals surface area contributed by atoms with Crippen LogP contribution in [0.4, 0.5) is 9.59 Å². The molecule has 0 aromatic heterocycles. The molecule has 0 aliphatic heterocycles. The van der Waals surface area contributed by atoms with E-state index in [-0.39, 0.29) is 12.5 Å². The molecule has 0 N–H and O–H groups in total. The van der Waals surface area contributed by atoms with Crippen LogP contribution in [0.3, 0.4) is 0 Å². The van der Waals surface area contributed by atoms with Gasteiger partial charge in [-0.15, -0.1) is 0 Å². The molecule has 1 saturated carbocycles. The van der Waals surface area contributed by atoms with Crippen LogP contribution in [0.15, 0.2) is 0 Å². The van der Waals surface area contributed by atoms with Gasteiger partial charge in [0.05, 0.1) is 6.61 Å². The highest BCUT2D eigenvalue weighted by Crippen LogP contribution is 2.50. The average Bonchev–Trinajstić information content (AvgIpc) is 2.97. The predicted octanol–water partition coefficient (Wildman–Crippen LogP) is 3.50. The Balaban J connectivity index is 3.20. The number of hydrogen-bond acceptors (Lipinski definition) is 6. The van der Waals surface area contributed by atoms with E-state index in [0.717, 1.165) is 4.90 Å². The molecule has 2 amide bonds. The van der Waals surface area contributed by atoms with E-state index in [4.69, 9.17) is 14.2 Å². The Morgan fingerprint density at radius 1 is 1.00 bits per heavy atom. The van der Waals surface area contributed by atoms with Gasteiger partial charge in [-0.3, -0.25) is 0 Å². The Labute approximate surface area is 143 Å². The van der Waals surface area contributed by atoms with E-state index in [0.29, 0.717) is 6.42 Å². The second-order valence-corrected chi connectivity index (χ2v) is 8.05. The van der Waals surface area contributed by atoms with Crippen molar-refractivity contribution in [3.63, 3.8) is 0 Å². The third-order valence-corrected chi connectivity index (χ3v) is 3.45. The maximum absolute atomic E-state index is 12.6. The quantitative estimate of drug-likeness (QED) is 0.576. The van der Waals surface area contributed by atoms with Crippen molar-refractivity contribution in [1.82, 2.24) is 4.90 Å². The summed E-state index contributed by atoms with van der Waals surface area (Å²) in [5.74, 6) is -0.842. The third-order valence-electron chi connectivity index (χ3n) is 3.45. The Bertz CT molecular complexity index is 488. The van der Waals surface area contributed by atoms with Crippen molar-refractivity contribution in [3.05, 3.63) is 0 Å². The lowest BCUT2D eigenvalue weighted by Crippen LogP contribution is -2.55. The van der Waals surface area contributed by atoms with Crippen LogP contribution in [0.1, 0.15) is 61.8 Å². The van der Waals surface area contributed by atoms with E-state index in [1.165, 1.54) is 0 Å². The molecular weight excluding hydrogens is 314 g/mol. The average molecular weight is 343 g/mol. The maximum Gasteiger partial charge on any atom is 0.420 e. The number of carbonyl (C=O) groups excluding carboxylic acids is 3. The molecule has 24 heavy (non-hydrogen) atoms. The topological polar surface area (TPSA) is 82.1 Å². The smallest absolute Gasteiger partial charge is 0.420 e. The molecule has 1 rings (SSSR count). The number of rotatable bonds is 3. The van der Waals surface area contributed by atoms with Gasteiger partial charge in [0.1, 0.15) is 11.2 Å². The van der Waals surface area contributed by atoms with Gasteiger partial charge in [-0.2, -0.15) is 4.90 Å². The molecule has 0 saturated heterocycles. The number of imide groups is 1. The molecule has 0 bridgehead atoms. The summed E-state index contributed by atoms with van der Waals surface area (Å²) in [6.45, 7) is 13.7. The fraction of sp³-hybridized carbons (Fsp3) is 0.824. The van der Waals surface area contributed by atoms with E-state index in [1.807, 2.05) is 0 Å². The molecule has 1 aliphatic rings. The number of esters is 1. The van der Waals surface area contributed by atoms with Crippen molar-refractivity contribution >= 4 is 18.2 Å². The van der Waals surface area contributed by atoms with E-state index in [2.05, 4.69) is 0 Å². The molecule has 7 heteroatoms. The van der Waals surface area contributed by atoms with Gasteiger partial charge < -0.3 is 14.2 Å². The van der Waals surface area contributed by atoms with Crippen molar-refractivity contribution in [2.24, 2.45) is 5.92 Å². The van der Waals surface area contributed by atoms with Crippen molar-refractivity contribution in [2.45, 2.75) is 78.6 Å². The van der Waals surface area contributed by atoms with Gasteiger partial charge in [-0.05, 0) is 60.8 Å². The lowest BCUT2D eigenvalue weighted by atomic mass is 10.1. The summed E-state index contributed by atoms with van der Waals surface area (Å²) >= 11 is 0. The summed E-state index contributed by atoms with van der Waals surface area (Å²) in [4.78, 5) is 38.5. The van der Waals surface area contributed by atoms with Crippen LogP contribution in [0.25, 0.3) is 0 Å². The molecular formula is C17H29NO6. The van der Waals surface area contributed by atoms with Crippen LogP contribution in [0.2, 0.25) is 0 Å². The second kappa shape index (κ2) is 6.61. The number of amides is 2. The Morgan fingerprint density at radius 2 is 1.38 bits per heavy atom. The summed E-state index contributed by atoms with van der Waals surface area (Å²) in [7, 11) is 0. The van der Waals surface area contributed by atoms with E-state index >= 15 is 0 Å². The monoisotopic (exact) mass is 343 g/mol. The molecule has 1 aliphatic carbocycles. The largest absolute Gasteiger partial charge is 0.464 e. The number of carbonyl (C=O) groups is 3. The van der Waals surface area contributed by atoms with E-state index in [9.17, 15) is 14.4 Å². The Hall–Kier alpha value is -1.79. The third kappa shape index (κ3) is 4.61.